The highest BCUT2D eigenvalue weighted by molar-refractivity contribution is 6.48. The first-order chi connectivity index (χ1) is 11.1. The minimum Gasteiger partial charge on any atom is -0.406 e. The number of halogens is 2. The fourth-order valence-corrected chi connectivity index (χ4v) is 4.16. The zero-order valence-corrected chi connectivity index (χ0v) is 13.0. The Balaban J connectivity index is 1.90. The van der Waals surface area contributed by atoms with E-state index in [1.54, 1.807) is 24.3 Å². The molecule has 0 aliphatic carbocycles. The Labute approximate surface area is 135 Å². The van der Waals surface area contributed by atoms with Gasteiger partial charge in [0, 0.05) is 6.04 Å². The monoisotopic (exact) mass is 313 g/mol. The summed E-state index contributed by atoms with van der Waals surface area (Å²) in [6, 6.07) is 13.2. The van der Waals surface area contributed by atoms with Crippen LogP contribution >= 0.6 is 0 Å². The number of hydrogen-bond donors (Lipinski definition) is 0. The summed E-state index contributed by atoms with van der Waals surface area (Å²) in [6.07, 6.45) is 2.13. The standard InChI is InChI=1S/C18H18BF2NO/c1-19-22-12-2-3-17(22)18(23-19,13-4-8-15(20)9-5-13)14-6-10-16(21)11-7-14/h4-11,17H,2-3,12H2,1H3. The first-order valence-corrected chi connectivity index (χ1v) is 8.07. The average molecular weight is 313 g/mol. The average Bonchev–Trinajstić information content (AvgIpc) is 3.13. The van der Waals surface area contributed by atoms with Crippen LogP contribution in [-0.4, -0.2) is 24.4 Å². The lowest BCUT2D eigenvalue weighted by Gasteiger charge is -2.36. The zero-order valence-electron chi connectivity index (χ0n) is 13.0. The Morgan fingerprint density at radius 1 is 1.00 bits per heavy atom. The lowest BCUT2D eigenvalue weighted by Crippen LogP contribution is -2.41. The molecule has 2 aromatic rings. The van der Waals surface area contributed by atoms with Crippen molar-refractivity contribution in [3.63, 3.8) is 0 Å². The summed E-state index contributed by atoms with van der Waals surface area (Å²) < 4.78 is 33.2. The van der Waals surface area contributed by atoms with Gasteiger partial charge in [0.25, 0.3) is 0 Å². The normalized spacial score (nSPS) is 23.3. The van der Waals surface area contributed by atoms with Crippen LogP contribution in [0.1, 0.15) is 24.0 Å². The Bertz CT molecular complexity index is 658. The molecular formula is C18H18BF2NO. The van der Waals surface area contributed by atoms with Crippen molar-refractivity contribution in [1.82, 2.24) is 4.81 Å². The van der Waals surface area contributed by atoms with Gasteiger partial charge in [0.15, 0.2) is 0 Å². The predicted octanol–water partition coefficient (Wildman–Crippen LogP) is 3.82. The number of fused-ring (bicyclic) bond motifs is 1. The Morgan fingerprint density at radius 3 is 2.04 bits per heavy atom. The molecule has 2 aliphatic rings. The van der Waals surface area contributed by atoms with Gasteiger partial charge in [0.1, 0.15) is 17.2 Å². The van der Waals surface area contributed by atoms with Gasteiger partial charge >= 0.3 is 7.05 Å². The lowest BCUT2D eigenvalue weighted by molar-refractivity contribution is 0.105. The van der Waals surface area contributed by atoms with Crippen LogP contribution < -0.4 is 0 Å². The second kappa shape index (κ2) is 5.43. The topological polar surface area (TPSA) is 12.5 Å². The minimum atomic E-state index is -0.669. The summed E-state index contributed by atoms with van der Waals surface area (Å²) in [6.45, 7) is 3.04. The smallest absolute Gasteiger partial charge is 0.380 e. The molecule has 2 saturated heterocycles. The van der Waals surface area contributed by atoms with Crippen LogP contribution in [0.5, 0.6) is 0 Å². The molecule has 0 spiro atoms. The summed E-state index contributed by atoms with van der Waals surface area (Å²) in [4.78, 5) is 2.35. The van der Waals surface area contributed by atoms with Crippen molar-refractivity contribution in [1.29, 1.82) is 0 Å². The number of rotatable bonds is 2. The molecule has 0 bridgehead atoms. The molecule has 0 amide bonds. The van der Waals surface area contributed by atoms with Crippen molar-refractivity contribution in [2.24, 2.45) is 0 Å². The van der Waals surface area contributed by atoms with Gasteiger partial charge in [-0.15, -0.1) is 0 Å². The van der Waals surface area contributed by atoms with E-state index in [9.17, 15) is 8.78 Å². The van der Waals surface area contributed by atoms with Gasteiger partial charge in [-0.1, -0.05) is 24.3 Å². The Morgan fingerprint density at radius 2 is 1.52 bits per heavy atom. The second-order valence-corrected chi connectivity index (χ2v) is 6.36. The van der Waals surface area contributed by atoms with Crippen LogP contribution in [0.15, 0.2) is 48.5 Å². The third-order valence-corrected chi connectivity index (χ3v) is 5.13. The molecule has 0 saturated carbocycles. The fourth-order valence-electron chi connectivity index (χ4n) is 4.16. The van der Waals surface area contributed by atoms with E-state index >= 15 is 0 Å². The van der Waals surface area contributed by atoms with Crippen LogP contribution in [-0.2, 0) is 10.3 Å². The lowest BCUT2D eigenvalue weighted by atomic mass is 9.79. The van der Waals surface area contributed by atoms with E-state index in [1.165, 1.54) is 24.3 Å². The molecule has 1 atom stereocenters. The number of hydrogen-bond acceptors (Lipinski definition) is 2. The summed E-state index contributed by atoms with van der Waals surface area (Å²) in [5.74, 6) is -0.533. The fraction of sp³-hybridized carbons (Fsp3) is 0.333. The summed E-state index contributed by atoms with van der Waals surface area (Å²) in [5, 5.41) is 0. The van der Waals surface area contributed by atoms with E-state index in [-0.39, 0.29) is 24.7 Å². The maximum atomic E-state index is 13.4. The zero-order chi connectivity index (χ0) is 16.0. The molecule has 1 unspecified atom stereocenters. The van der Waals surface area contributed by atoms with Crippen molar-refractivity contribution in [3.05, 3.63) is 71.3 Å². The van der Waals surface area contributed by atoms with E-state index in [1.807, 2.05) is 6.82 Å². The minimum absolute atomic E-state index is 0.0161. The Kier molecular flexibility index (Phi) is 3.50. The van der Waals surface area contributed by atoms with Gasteiger partial charge in [0.05, 0.1) is 0 Å². The summed E-state index contributed by atoms with van der Waals surface area (Å²) in [7, 11) is -0.0161. The molecule has 2 heterocycles. The molecule has 0 aromatic heterocycles. The highest BCUT2D eigenvalue weighted by Gasteiger charge is 2.56. The van der Waals surface area contributed by atoms with Crippen molar-refractivity contribution >= 4 is 7.05 Å². The quantitative estimate of drug-likeness (QED) is 0.782. The van der Waals surface area contributed by atoms with E-state index in [4.69, 9.17) is 4.65 Å². The van der Waals surface area contributed by atoms with Crippen molar-refractivity contribution in [2.75, 3.05) is 6.54 Å². The molecule has 4 rings (SSSR count). The van der Waals surface area contributed by atoms with Crippen molar-refractivity contribution in [3.8, 4) is 0 Å². The molecule has 2 aliphatic heterocycles. The van der Waals surface area contributed by atoms with Crippen LogP contribution in [0.2, 0.25) is 6.82 Å². The third kappa shape index (κ3) is 2.22. The number of benzene rings is 2. The van der Waals surface area contributed by atoms with Gasteiger partial charge in [-0.2, -0.15) is 0 Å². The van der Waals surface area contributed by atoms with Gasteiger partial charge in [-0.05, 0) is 61.6 Å². The van der Waals surface area contributed by atoms with E-state index < -0.39 is 5.60 Å². The Hall–Kier alpha value is -1.72. The summed E-state index contributed by atoms with van der Waals surface area (Å²) in [5.41, 5.74) is 1.18. The maximum Gasteiger partial charge on any atom is 0.380 e. The van der Waals surface area contributed by atoms with Gasteiger partial charge in [0.2, 0.25) is 0 Å². The van der Waals surface area contributed by atoms with Crippen LogP contribution in [0, 0.1) is 11.6 Å². The molecule has 0 radical (unpaired) electrons. The molecule has 118 valence electrons. The molecular weight excluding hydrogens is 295 g/mol. The molecule has 2 nitrogen and oxygen atoms in total. The predicted molar refractivity (Wildman–Crippen MR) is 86.0 cm³/mol. The largest absolute Gasteiger partial charge is 0.406 e. The summed E-state index contributed by atoms with van der Waals surface area (Å²) >= 11 is 0. The van der Waals surface area contributed by atoms with Crippen LogP contribution in [0.25, 0.3) is 0 Å². The second-order valence-electron chi connectivity index (χ2n) is 6.36. The van der Waals surface area contributed by atoms with Gasteiger partial charge in [-0.3, -0.25) is 0 Å². The SMILES string of the molecule is CB1OC(c2ccc(F)cc2)(c2ccc(F)cc2)C2CCCN12. The molecule has 0 N–H and O–H groups in total. The van der Waals surface area contributed by atoms with Crippen LogP contribution in [0.3, 0.4) is 0 Å². The van der Waals surface area contributed by atoms with E-state index in [0.29, 0.717) is 0 Å². The first-order valence-electron chi connectivity index (χ1n) is 8.07. The van der Waals surface area contributed by atoms with E-state index in [0.717, 1.165) is 30.5 Å². The highest BCUT2D eigenvalue weighted by Crippen LogP contribution is 2.48. The number of nitrogens with zero attached hydrogens (tertiary/aromatic N) is 1. The van der Waals surface area contributed by atoms with E-state index in [2.05, 4.69) is 4.81 Å². The molecule has 2 fully saturated rings. The molecule has 5 heteroatoms. The molecule has 23 heavy (non-hydrogen) atoms. The van der Waals surface area contributed by atoms with Crippen molar-refractivity contribution in [2.45, 2.75) is 31.3 Å². The van der Waals surface area contributed by atoms with Gasteiger partial charge in [-0.25, -0.2) is 8.78 Å². The maximum absolute atomic E-state index is 13.4. The molecule has 2 aromatic carbocycles. The van der Waals surface area contributed by atoms with Gasteiger partial charge < -0.3 is 9.47 Å². The highest BCUT2D eigenvalue weighted by atomic mass is 19.1. The van der Waals surface area contributed by atoms with Crippen molar-refractivity contribution < 1.29 is 13.4 Å². The van der Waals surface area contributed by atoms with Crippen LogP contribution in [0.4, 0.5) is 8.78 Å². The first kappa shape index (κ1) is 14.9. The third-order valence-electron chi connectivity index (χ3n) is 5.13.